The molecule has 92 valence electrons. The van der Waals surface area contributed by atoms with E-state index in [2.05, 4.69) is 41.6 Å². The van der Waals surface area contributed by atoms with Gasteiger partial charge in [-0.3, -0.25) is 5.10 Å². The Hall–Kier alpha value is -0.870. The average Bonchev–Trinajstić information content (AvgIpc) is 2.60. The molecule has 1 heterocycles. The van der Waals surface area contributed by atoms with Crippen LogP contribution in [0.4, 0.5) is 0 Å². The molecule has 0 aromatic carbocycles. The number of nitrogens with one attached hydrogen (secondary N) is 3. The van der Waals surface area contributed by atoms with Crippen molar-refractivity contribution in [2.75, 3.05) is 13.1 Å². The minimum atomic E-state index is 0.480. The summed E-state index contributed by atoms with van der Waals surface area (Å²) < 4.78 is 0. The van der Waals surface area contributed by atoms with Gasteiger partial charge in [-0.15, -0.1) is 0 Å². The summed E-state index contributed by atoms with van der Waals surface area (Å²) in [5.74, 6) is 0.711. The Morgan fingerprint density at radius 2 is 2.06 bits per heavy atom. The van der Waals surface area contributed by atoms with Gasteiger partial charge in [-0.1, -0.05) is 13.8 Å². The summed E-state index contributed by atoms with van der Waals surface area (Å²) in [6, 6.07) is 0.480. The molecular weight excluding hydrogens is 200 g/mol. The normalized spacial score (nSPS) is 13.3. The first-order valence-electron chi connectivity index (χ1n) is 6.02. The van der Waals surface area contributed by atoms with Crippen LogP contribution in [0.1, 0.15) is 32.0 Å². The van der Waals surface area contributed by atoms with Crippen LogP contribution in [0, 0.1) is 12.8 Å². The van der Waals surface area contributed by atoms with E-state index >= 15 is 0 Å². The van der Waals surface area contributed by atoms with Crippen LogP contribution in [0.25, 0.3) is 0 Å². The summed E-state index contributed by atoms with van der Waals surface area (Å²) in [5, 5.41) is 13.9. The standard InChI is InChI=1S/C12H24N4/c1-9(2)5-13-6-10(3)14-7-12-8-15-16-11(12)4/h8-10,13-14H,5-7H2,1-4H3,(H,15,16). The van der Waals surface area contributed by atoms with Gasteiger partial charge in [0.25, 0.3) is 0 Å². The first kappa shape index (κ1) is 13.2. The van der Waals surface area contributed by atoms with E-state index < -0.39 is 0 Å². The van der Waals surface area contributed by atoms with E-state index in [4.69, 9.17) is 0 Å². The number of nitrogens with zero attached hydrogens (tertiary/aromatic N) is 1. The van der Waals surface area contributed by atoms with Gasteiger partial charge in [0, 0.05) is 30.4 Å². The molecule has 0 bridgehead atoms. The molecule has 4 heteroatoms. The zero-order valence-electron chi connectivity index (χ0n) is 10.8. The highest BCUT2D eigenvalue weighted by Crippen LogP contribution is 2.01. The molecule has 0 saturated carbocycles. The van der Waals surface area contributed by atoms with Crippen LogP contribution in [0.15, 0.2) is 6.20 Å². The van der Waals surface area contributed by atoms with E-state index in [9.17, 15) is 0 Å². The van der Waals surface area contributed by atoms with Crippen molar-refractivity contribution in [1.29, 1.82) is 0 Å². The second kappa shape index (κ2) is 6.66. The van der Waals surface area contributed by atoms with Gasteiger partial charge in [0.15, 0.2) is 0 Å². The number of H-pyrrole nitrogens is 1. The molecule has 1 unspecified atom stereocenters. The van der Waals surface area contributed by atoms with Crippen molar-refractivity contribution >= 4 is 0 Å². The lowest BCUT2D eigenvalue weighted by molar-refractivity contribution is 0.472. The number of aromatic amines is 1. The van der Waals surface area contributed by atoms with E-state index in [1.165, 1.54) is 5.56 Å². The summed E-state index contributed by atoms with van der Waals surface area (Å²) in [5.41, 5.74) is 2.39. The lowest BCUT2D eigenvalue weighted by atomic mass is 10.2. The third kappa shape index (κ3) is 4.77. The molecule has 0 spiro atoms. The fourth-order valence-electron chi connectivity index (χ4n) is 1.50. The van der Waals surface area contributed by atoms with Gasteiger partial charge in [0.05, 0.1) is 6.20 Å². The Labute approximate surface area is 98.2 Å². The zero-order valence-corrected chi connectivity index (χ0v) is 10.8. The maximum Gasteiger partial charge on any atom is 0.0535 e. The summed E-state index contributed by atoms with van der Waals surface area (Å²) in [6.07, 6.45) is 1.89. The molecule has 0 fully saturated rings. The summed E-state index contributed by atoms with van der Waals surface area (Å²) in [6.45, 7) is 11.7. The van der Waals surface area contributed by atoms with Gasteiger partial charge in [0.2, 0.25) is 0 Å². The highest BCUT2D eigenvalue weighted by atomic mass is 15.1. The Morgan fingerprint density at radius 1 is 1.31 bits per heavy atom. The first-order chi connectivity index (χ1) is 7.59. The van der Waals surface area contributed by atoms with Gasteiger partial charge in [-0.05, 0) is 26.3 Å². The van der Waals surface area contributed by atoms with Crippen molar-refractivity contribution in [3.8, 4) is 0 Å². The molecule has 3 N–H and O–H groups in total. The minimum Gasteiger partial charge on any atom is -0.315 e. The maximum absolute atomic E-state index is 4.00. The van der Waals surface area contributed by atoms with Crippen LogP contribution in [0.2, 0.25) is 0 Å². The Bertz CT molecular complexity index is 293. The molecule has 0 aliphatic rings. The highest BCUT2D eigenvalue weighted by molar-refractivity contribution is 5.13. The number of hydrogen-bond acceptors (Lipinski definition) is 3. The van der Waals surface area contributed by atoms with Crippen LogP contribution >= 0.6 is 0 Å². The molecule has 1 atom stereocenters. The van der Waals surface area contributed by atoms with Crippen molar-refractivity contribution in [3.05, 3.63) is 17.5 Å². The summed E-state index contributed by atoms with van der Waals surface area (Å²) in [7, 11) is 0. The average molecular weight is 224 g/mol. The molecular formula is C12H24N4. The molecule has 16 heavy (non-hydrogen) atoms. The van der Waals surface area contributed by atoms with Crippen molar-refractivity contribution in [1.82, 2.24) is 20.8 Å². The van der Waals surface area contributed by atoms with E-state index in [-0.39, 0.29) is 0 Å². The van der Waals surface area contributed by atoms with Crippen molar-refractivity contribution < 1.29 is 0 Å². The molecule has 0 saturated heterocycles. The monoisotopic (exact) mass is 224 g/mol. The van der Waals surface area contributed by atoms with E-state index in [0.29, 0.717) is 12.0 Å². The largest absolute Gasteiger partial charge is 0.315 e. The van der Waals surface area contributed by atoms with Crippen LogP contribution in [-0.4, -0.2) is 29.3 Å². The lowest BCUT2D eigenvalue weighted by Gasteiger charge is -2.15. The number of aryl methyl sites for hydroxylation is 1. The van der Waals surface area contributed by atoms with Crippen molar-refractivity contribution in [3.63, 3.8) is 0 Å². The molecule has 0 radical (unpaired) electrons. The van der Waals surface area contributed by atoms with Crippen LogP contribution in [0.5, 0.6) is 0 Å². The second-order valence-electron chi connectivity index (χ2n) is 4.85. The maximum atomic E-state index is 4.00. The SMILES string of the molecule is Cc1[nH]ncc1CNC(C)CNCC(C)C. The Morgan fingerprint density at radius 3 is 2.62 bits per heavy atom. The first-order valence-corrected chi connectivity index (χ1v) is 6.02. The quantitative estimate of drug-likeness (QED) is 0.657. The number of rotatable bonds is 7. The molecule has 0 aliphatic heterocycles. The highest BCUT2D eigenvalue weighted by Gasteiger charge is 2.04. The predicted molar refractivity (Wildman–Crippen MR) is 67.3 cm³/mol. The van der Waals surface area contributed by atoms with Crippen LogP contribution in [-0.2, 0) is 6.54 Å². The van der Waals surface area contributed by atoms with Crippen LogP contribution < -0.4 is 10.6 Å². The van der Waals surface area contributed by atoms with Crippen LogP contribution in [0.3, 0.4) is 0 Å². The molecule has 1 aromatic rings. The van der Waals surface area contributed by atoms with Gasteiger partial charge >= 0.3 is 0 Å². The van der Waals surface area contributed by atoms with Crippen molar-refractivity contribution in [2.24, 2.45) is 5.92 Å². The number of hydrogen-bond donors (Lipinski definition) is 3. The fourth-order valence-corrected chi connectivity index (χ4v) is 1.50. The van der Waals surface area contributed by atoms with Gasteiger partial charge in [-0.2, -0.15) is 5.10 Å². The molecule has 4 nitrogen and oxygen atoms in total. The third-order valence-electron chi connectivity index (χ3n) is 2.58. The Balaban J connectivity index is 2.15. The van der Waals surface area contributed by atoms with E-state index in [1.807, 2.05) is 13.1 Å². The molecule has 0 amide bonds. The van der Waals surface area contributed by atoms with Gasteiger partial charge in [0.1, 0.15) is 0 Å². The van der Waals surface area contributed by atoms with E-state index in [0.717, 1.165) is 25.3 Å². The fraction of sp³-hybridized carbons (Fsp3) is 0.750. The predicted octanol–water partition coefficient (Wildman–Crippen LogP) is 1.44. The van der Waals surface area contributed by atoms with Crippen molar-refractivity contribution in [2.45, 2.75) is 40.3 Å². The lowest BCUT2D eigenvalue weighted by Crippen LogP contribution is -2.37. The zero-order chi connectivity index (χ0) is 12.0. The third-order valence-corrected chi connectivity index (χ3v) is 2.58. The smallest absolute Gasteiger partial charge is 0.0535 e. The molecule has 1 aromatic heterocycles. The Kier molecular flexibility index (Phi) is 5.49. The minimum absolute atomic E-state index is 0.480. The molecule has 0 aliphatic carbocycles. The van der Waals surface area contributed by atoms with E-state index in [1.54, 1.807) is 0 Å². The van der Waals surface area contributed by atoms with Gasteiger partial charge < -0.3 is 10.6 Å². The summed E-state index contributed by atoms with van der Waals surface area (Å²) >= 11 is 0. The second-order valence-corrected chi connectivity index (χ2v) is 4.85. The van der Waals surface area contributed by atoms with Gasteiger partial charge in [-0.25, -0.2) is 0 Å². The number of aromatic nitrogens is 2. The molecule has 1 rings (SSSR count). The summed E-state index contributed by atoms with van der Waals surface area (Å²) in [4.78, 5) is 0. The topological polar surface area (TPSA) is 52.7 Å².